The summed E-state index contributed by atoms with van der Waals surface area (Å²) in [5.41, 5.74) is 5.17. The molecule has 0 radical (unpaired) electrons. The minimum absolute atomic E-state index is 0.0204. The highest BCUT2D eigenvalue weighted by molar-refractivity contribution is 5.77. The first kappa shape index (κ1) is 36.6. The van der Waals surface area contributed by atoms with Gasteiger partial charge in [-0.3, -0.25) is 9.59 Å². The summed E-state index contributed by atoms with van der Waals surface area (Å²) in [5, 5.41) is 3.78. The molecular weight excluding hydrogens is 643 g/mol. The molecule has 1 heterocycles. The first-order valence-corrected chi connectivity index (χ1v) is 21.4. The molecule has 284 valence electrons. The van der Waals surface area contributed by atoms with Gasteiger partial charge in [-0.1, -0.05) is 83.5 Å². The van der Waals surface area contributed by atoms with Gasteiger partial charge in [0.25, 0.3) is 0 Å². The van der Waals surface area contributed by atoms with Gasteiger partial charge < -0.3 is 14.8 Å². The van der Waals surface area contributed by atoms with Gasteiger partial charge >= 0.3 is 5.97 Å². The highest BCUT2D eigenvalue weighted by atomic mass is 16.5. The molecule has 1 N–H and O–H groups in total. The molecule has 1 aliphatic heterocycles. The van der Waals surface area contributed by atoms with Crippen LogP contribution in [0.1, 0.15) is 143 Å². The van der Waals surface area contributed by atoms with Crippen LogP contribution in [0.25, 0.3) is 0 Å². The molecule has 1 aromatic rings. The molecule has 0 aromatic heterocycles. The molecule has 3 unspecified atom stereocenters. The Labute approximate surface area is 314 Å². The Kier molecular flexibility index (Phi) is 9.65. The van der Waals surface area contributed by atoms with Crippen LogP contribution in [0.4, 0.5) is 0 Å². The third kappa shape index (κ3) is 5.97. The molecule has 0 bridgehead atoms. The molecule has 4 saturated carbocycles. The summed E-state index contributed by atoms with van der Waals surface area (Å²) in [4.78, 5) is 26.6. The molecule has 1 aromatic carbocycles. The molecule has 5 fully saturated rings. The van der Waals surface area contributed by atoms with Crippen molar-refractivity contribution >= 4 is 11.9 Å². The average molecular weight is 710 g/mol. The molecule has 9 atom stereocenters. The zero-order chi connectivity index (χ0) is 36.4. The highest BCUT2D eigenvalue weighted by Gasteiger charge is 2.69. The van der Waals surface area contributed by atoms with Crippen molar-refractivity contribution in [3.8, 4) is 0 Å². The van der Waals surface area contributed by atoms with Gasteiger partial charge in [-0.2, -0.15) is 0 Å². The second-order valence-electron chi connectivity index (χ2n) is 20.0. The lowest BCUT2D eigenvalue weighted by molar-refractivity contribution is -0.218. The maximum absolute atomic E-state index is 13.6. The van der Waals surface area contributed by atoms with Crippen LogP contribution >= 0.6 is 0 Å². The fourth-order valence-corrected chi connectivity index (χ4v) is 14.6. The van der Waals surface area contributed by atoms with Gasteiger partial charge in [0.15, 0.2) is 0 Å². The van der Waals surface area contributed by atoms with Crippen molar-refractivity contribution in [1.82, 2.24) is 5.32 Å². The molecule has 52 heavy (non-hydrogen) atoms. The second-order valence-corrected chi connectivity index (χ2v) is 20.0. The number of fused-ring (bicyclic) bond motifs is 7. The minimum Gasteiger partial charge on any atom is -0.461 e. The van der Waals surface area contributed by atoms with E-state index in [1.54, 1.807) is 5.57 Å². The normalized spacial score (nSPS) is 41.3. The first-order valence-electron chi connectivity index (χ1n) is 21.4. The number of benzene rings is 1. The number of allylic oxidation sites excluding steroid dienone is 4. The van der Waals surface area contributed by atoms with Crippen LogP contribution in [0.15, 0.2) is 53.6 Å². The lowest BCUT2D eigenvalue weighted by Crippen LogP contribution is -2.67. The lowest BCUT2D eigenvalue weighted by Gasteiger charge is -2.72. The van der Waals surface area contributed by atoms with E-state index < -0.39 is 0 Å². The molecule has 8 rings (SSSR count). The standard InChI is InChI=1S/C47H67NO4/c1-43(2)36(34-13-15-35(16-14-34)42(50)52-31-33-10-7-6-8-11-33)19-24-44(3)39(43)20-25-46(5)40(44)18-17-37-38-12-9-23-47(38,27-26-45(37,46)4)48-41(49)30-32-21-28-51-29-22-32/h6-8,10-11,13,19,32,35,37-40H,9,12,14-18,20-31H2,1-5H3,(H,48,49)/t35-,37+,38?,39?,40?,44-,45+,46+,47-/m0/s1. The zero-order valence-electron chi connectivity index (χ0n) is 33.1. The molecule has 1 amide bonds. The molecular formula is C47H67NO4. The lowest BCUT2D eigenvalue weighted by atomic mass is 9.33. The first-order chi connectivity index (χ1) is 24.9. The number of amides is 1. The zero-order valence-corrected chi connectivity index (χ0v) is 33.1. The Morgan fingerprint density at radius 1 is 0.808 bits per heavy atom. The summed E-state index contributed by atoms with van der Waals surface area (Å²) in [6.45, 7) is 15.2. The quantitative estimate of drug-likeness (QED) is 0.286. The van der Waals surface area contributed by atoms with Gasteiger partial charge in [-0.05, 0) is 158 Å². The summed E-state index contributed by atoms with van der Waals surface area (Å²) in [7, 11) is 0. The van der Waals surface area contributed by atoms with Crippen molar-refractivity contribution in [2.75, 3.05) is 13.2 Å². The third-order valence-corrected chi connectivity index (χ3v) is 17.5. The monoisotopic (exact) mass is 710 g/mol. The van der Waals surface area contributed by atoms with E-state index in [2.05, 4.69) is 52.1 Å². The molecule has 5 heteroatoms. The number of hydrogen-bond acceptors (Lipinski definition) is 4. The number of ether oxygens (including phenoxy) is 2. The van der Waals surface area contributed by atoms with Gasteiger partial charge in [-0.15, -0.1) is 0 Å². The Bertz CT molecular complexity index is 1570. The number of nitrogens with one attached hydrogen (secondary N) is 1. The summed E-state index contributed by atoms with van der Waals surface area (Å²) in [6.07, 6.45) is 23.1. The number of carbonyl (C=O) groups excluding carboxylic acids is 2. The summed E-state index contributed by atoms with van der Waals surface area (Å²) < 4.78 is 11.3. The SMILES string of the molecule is CC1(C)C(C2=CC[C@H](C(=O)OCc3ccccc3)CC2)=CC[C@@]2(C)C1CC[C@]1(C)C2CC[C@@H]2C3CCC[C@]3(NC(=O)CC3CCOCC3)CC[C@]21C. The van der Waals surface area contributed by atoms with Crippen LogP contribution in [-0.4, -0.2) is 30.6 Å². The van der Waals surface area contributed by atoms with Gasteiger partial charge in [0, 0.05) is 25.2 Å². The second kappa shape index (κ2) is 13.7. The van der Waals surface area contributed by atoms with E-state index in [0.29, 0.717) is 53.4 Å². The van der Waals surface area contributed by atoms with Gasteiger partial charge in [-0.25, -0.2) is 0 Å². The van der Waals surface area contributed by atoms with Crippen LogP contribution in [0.2, 0.25) is 0 Å². The average Bonchev–Trinajstić information content (AvgIpc) is 3.55. The number of rotatable bonds is 7. The fraction of sp³-hybridized carbons (Fsp3) is 0.745. The Morgan fingerprint density at radius 3 is 2.35 bits per heavy atom. The third-order valence-electron chi connectivity index (χ3n) is 17.5. The smallest absolute Gasteiger partial charge is 0.309 e. The van der Waals surface area contributed by atoms with Crippen molar-refractivity contribution in [3.05, 3.63) is 59.2 Å². The highest BCUT2D eigenvalue weighted by Crippen LogP contribution is 2.76. The molecule has 6 aliphatic carbocycles. The van der Waals surface area contributed by atoms with Crippen LogP contribution in [-0.2, 0) is 25.7 Å². The molecule has 7 aliphatic rings. The van der Waals surface area contributed by atoms with Crippen molar-refractivity contribution in [2.45, 2.75) is 149 Å². The van der Waals surface area contributed by atoms with Crippen LogP contribution in [0.5, 0.6) is 0 Å². The summed E-state index contributed by atoms with van der Waals surface area (Å²) >= 11 is 0. The number of carbonyl (C=O) groups is 2. The fourth-order valence-electron chi connectivity index (χ4n) is 14.6. The predicted octanol–water partition coefficient (Wildman–Crippen LogP) is 10.5. The summed E-state index contributed by atoms with van der Waals surface area (Å²) in [6, 6.07) is 10.0. The Hall–Kier alpha value is -2.40. The van der Waals surface area contributed by atoms with Crippen LogP contribution in [0.3, 0.4) is 0 Å². The number of esters is 1. The molecule has 1 saturated heterocycles. The Balaban J connectivity index is 0.966. The van der Waals surface area contributed by atoms with E-state index in [9.17, 15) is 9.59 Å². The van der Waals surface area contributed by atoms with E-state index in [4.69, 9.17) is 9.47 Å². The predicted molar refractivity (Wildman–Crippen MR) is 207 cm³/mol. The van der Waals surface area contributed by atoms with E-state index in [-0.39, 0.29) is 28.3 Å². The van der Waals surface area contributed by atoms with Gasteiger partial charge in [0.2, 0.25) is 5.91 Å². The molecule has 0 spiro atoms. The topological polar surface area (TPSA) is 64.6 Å². The van der Waals surface area contributed by atoms with Gasteiger partial charge in [0.1, 0.15) is 6.61 Å². The van der Waals surface area contributed by atoms with E-state index in [0.717, 1.165) is 63.2 Å². The van der Waals surface area contributed by atoms with E-state index in [1.807, 2.05) is 30.3 Å². The van der Waals surface area contributed by atoms with Crippen LogP contribution < -0.4 is 5.32 Å². The summed E-state index contributed by atoms with van der Waals surface area (Å²) in [5.74, 6) is 3.42. The number of hydrogen-bond donors (Lipinski definition) is 1. The van der Waals surface area contributed by atoms with Crippen molar-refractivity contribution in [2.24, 2.45) is 57.2 Å². The Morgan fingerprint density at radius 2 is 1.60 bits per heavy atom. The van der Waals surface area contributed by atoms with Crippen molar-refractivity contribution in [1.29, 1.82) is 0 Å². The van der Waals surface area contributed by atoms with Crippen molar-refractivity contribution in [3.63, 3.8) is 0 Å². The van der Waals surface area contributed by atoms with E-state index >= 15 is 0 Å². The van der Waals surface area contributed by atoms with Crippen molar-refractivity contribution < 1.29 is 19.1 Å². The largest absolute Gasteiger partial charge is 0.461 e. The van der Waals surface area contributed by atoms with Gasteiger partial charge in [0.05, 0.1) is 5.92 Å². The van der Waals surface area contributed by atoms with Crippen LogP contribution in [0, 0.1) is 57.2 Å². The maximum Gasteiger partial charge on any atom is 0.309 e. The minimum atomic E-state index is -0.0470. The van der Waals surface area contributed by atoms with E-state index in [1.165, 1.54) is 63.4 Å². The maximum atomic E-state index is 13.6. The molecule has 5 nitrogen and oxygen atoms in total.